The third-order valence-electron chi connectivity index (χ3n) is 6.25. The van der Waals surface area contributed by atoms with E-state index in [9.17, 15) is 14.7 Å². The summed E-state index contributed by atoms with van der Waals surface area (Å²) in [5.74, 6) is -0.354. The van der Waals surface area contributed by atoms with Crippen LogP contribution >= 0.6 is 0 Å². The number of hydrogen-bond donors (Lipinski definition) is 2. The lowest BCUT2D eigenvalue weighted by Crippen LogP contribution is -2.57. The van der Waals surface area contributed by atoms with Gasteiger partial charge in [0.05, 0.1) is 12.0 Å². The first-order valence-electron chi connectivity index (χ1n) is 9.28. The maximum Gasteiger partial charge on any atom is 0.312 e. The first-order chi connectivity index (χ1) is 12.0. The second-order valence-electron chi connectivity index (χ2n) is 7.98. The molecule has 0 radical (unpaired) electrons. The van der Waals surface area contributed by atoms with E-state index in [1.165, 1.54) is 37.7 Å². The monoisotopic (exact) mass is 343 g/mol. The first kappa shape index (κ1) is 16.6. The summed E-state index contributed by atoms with van der Waals surface area (Å²) in [7, 11) is 0. The summed E-state index contributed by atoms with van der Waals surface area (Å²) in [4.78, 5) is 23.7. The molecule has 0 spiro atoms. The minimum absolute atomic E-state index is 0.145. The van der Waals surface area contributed by atoms with Gasteiger partial charge in [0.15, 0.2) is 0 Å². The van der Waals surface area contributed by atoms with Gasteiger partial charge in [-0.3, -0.25) is 9.59 Å². The molecule has 5 rings (SSSR count). The minimum atomic E-state index is -0.916. The van der Waals surface area contributed by atoms with E-state index in [0.29, 0.717) is 25.3 Å². The van der Waals surface area contributed by atoms with Gasteiger partial charge >= 0.3 is 5.97 Å². The Morgan fingerprint density at radius 1 is 1.12 bits per heavy atom. The predicted octanol–water partition coefficient (Wildman–Crippen LogP) is 2.98. The van der Waals surface area contributed by atoms with Crippen molar-refractivity contribution in [2.75, 3.05) is 6.61 Å². The van der Waals surface area contributed by atoms with Gasteiger partial charge in [0, 0.05) is 19.4 Å². The van der Waals surface area contributed by atoms with Gasteiger partial charge in [-0.1, -0.05) is 43.5 Å². The molecule has 2 N–H and O–H groups in total. The highest BCUT2D eigenvalue weighted by Crippen LogP contribution is 2.58. The highest BCUT2D eigenvalue weighted by Gasteiger charge is 2.70. The van der Waals surface area contributed by atoms with Crippen molar-refractivity contribution in [3.8, 4) is 0 Å². The van der Waals surface area contributed by atoms with E-state index in [1.54, 1.807) is 0 Å². The molecule has 2 saturated heterocycles. The molecule has 1 amide bonds. The Labute approximate surface area is 147 Å². The van der Waals surface area contributed by atoms with E-state index in [2.05, 4.69) is 29.6 Å². The van der Waals surface area contributed by atoms with Gasteiger partial charge in [-0.25, -0.2) is 0 Å². The van der Waals surface area contributed by atoms with Crippen LogP contribution in [0.15, 0.2) is 24.3 Å². The molecule has 2 bridgehead atoms. The highest BCUT2D eigenvalue weighted by molar-refractivity contribution is 5.92. The number of aliphatic carboxylic acids is 1. The average Bonchev–Trinajstić information content (AvgIpc) is 3.19. The van der Waals surface area contributed by atoms with E-state index in [0.717, 1.165) is 5.56 Å². The number of rotatable bonds is 5. The molecule has 134 valence electrons. The van der Waals surface area contributed by atoms with Crippen molar-refractivity contribution in [3.05, 3.63) is 35.4 Å². The number of benzene rings is 1. The average molecular weight is 343 g/mol. The molecule has 1 aromatic carbocycles. The van der Waals surface area contributed by atoms with Crippen molar-refractivity contribution in [1.29, 1.82) is 0 Å². The second-order valence-corrected chi connectivity index (χ2v) is 7.98. The van der Waals surface area contributed by atoms with E-state index in [-0.39, 0.29) is 12.5 Å². The Morgan fingerprint density at radius 3 is 2.40 bits per heavy atom. The van der Waals surface area contributed by atoms with Crippen LogP contribution in [0.1, 0.15) is 62.0 Å². The lowest BCUT2D eigenvalue weighted by Gasteiger charge is -2.40. The van der Waals surface area contributed by atoms with E-state index < -0.39 is 17.0 Å². The van der Waals surface area contributed by atoms with Crippen LogP contribution in [0.2, 0.25) is 0 Å². The summed E-state index contributed by atoms with van der Waals surface area (Å²) >= 11 is 0. The van der Waals surface area contributed by atoms with Crippen LogP contribution in [-0.4, -0.2) is 29.2 Å². The minimum Gasteiger partial charge on any atom is -0.481 e. The maximum atomic E-state index is 12.4. The molecule has 5 heteroatoms. The molecule has 5 nitrogen and oxygen atoms in total. The number of fused-ring (bicyclic) bond motifs is 1. The Hall–Kier alpha value is -1.88. The zero-order chi connectivity index (χ0) is 17.5. The highest BCUT2D eigenvalue weighted by atomic mass is 16.5. The standard InChI is InChI=1S/C20H25NO4/c22-17(20-11-19(12-20,13-25-20)18(23)24)21-10-14-6-8-16(9-7-14)15-4-2-1-3-5-15/h6-9,15H,1-5,10-13H2,(H,21,22)(H,23,24). The van der Waals surface area contributed by atoms with Crippen LogP contribution in [0.3, 0.4) is 0 Å². The van der Waals surface area contributed by atoms with Crippen molar-refractivity contribution in [1.82, 2.24) is 5.32 Å². The summed E-state index contributed by atoms with van der Waals surface area (Å²) in [6.07, 6.45) is 7.14. The third kappa shape index (κ3) is 2.84. The maximum absolute atomic E-state index is 12.4. The fourth-order valence-electron chi connectivity index (χ4n) is 4.65. The Morgan fingerprint density at radius 2 is 1.80 bits per heavy atom. The number of carbonyl (C=O) groups excluding carboxylic acids is 1. The van der Waals surface area contributed by atoms with E-state index in [1.807, 2.05) is 0 Å². The van der Waals surface area contributed by atoms with E-state index in [4.69, 9.17) is 4.74 Å². The SMILES string of the molecule is O=C(O)C12COC(C(=O)NCc3ccc(C4CCCCC4)cc3)(C1)C2. The molecular weight excluding hydrogens is 318 g/mol. The quantitative estimate of drug-likeness (QED) is 0.862. The van der Waals surface area contributed by atoms with Gasteiger partial charge < -0.3 is 15.2 Å². The molecule has 25 heavy (non-hydrogen) atoms. The molecule has 2 saturated carbocycles. The molecule has 2 aliphatic heterocycles. The largest absolute Gasteiger partial charge is 0.481 e. The van der Waals surface area contributed by atoms with Gasteiger partial charge in [-0.2, -0.15) is 0 Å². The molecule has 4 aliphatic rings. The molecule has 2 aliphatic carbocycles. The van der Waals surface area contributed by atoms with Crippen LogP contribution in [0.25, 0.3) is 0 Å². The third-order valence-corrected chi connectivity index (χ3v) is 6.25. The summed E-state index contributed by atoms with van der Waals surface area (Å²) in [5.41, 5.74) is 0.711. The van der Waals surface area contributed by atoms with Crippen molar-refractivity contribution >= 4 is 11.9 Å². The van der Waals surface area contributed by atoms with Crippen molar-refractivity contribution in [2.45, 2.75) is 63.0 Å². The molecule has 1 aromatic rings. The van der Waals surface area contributed by atoms with Gasteiger partial charge in [-0.05, 0) is 29.9 Å². The Balaban J connectivity index is 1.31. The van der Waals surface area contributed by atoms with E-state index >= 15 is 0 Å². The van der Waals surface area contributed by atoms with Crippen molar-refractivity contribution in [2.24, 2.45) is 5.41 Å². The van der Waals surface area contributed by atoms with Crippen molar-refractivity contribution in [3.63, 3.8) is 0 Å². The lowest BCUT2D eigenvalue weighted by atomic mass is 9.62. The number of carbonyl (C=O) groups is 2. The van der Waals surface area contributed by atoms with Gasteiger partial charge in [0.25, 0.3) is 5.91 Å². The second kappa shape index (κ2) is 6.13. The number of carboxylic acid groups (broad SMARTS) is 1. The number of carboxylic acids is 1. The Kier molecular flexibility index (Phi) is 4.07. The number of amides is 1. The van der Waals surface area contributed by atoms with Crippen LogP contribution in [0.5, 0.6) is 0 Å². The lowest BCUT2D eigenvalue weighted by molar-refractivity contribution is -0.158. The smallest absolute Gasteiger partial charge is 0.312 e. The molecule has 2 heterocycles. The van der Waals surface area contributed by atoms with Crippen molar-refractivity contribution < 1.29 is 19.4 Å². The van der Waals surface area contributed by atoms with Crippen LogP contribution in [-0.2, 0) is 20.9 Å². The normalized spacial score (nSPS) is 31.4. The Bertz CT molecular complexity index is 669. The number of nitrogens with one attached hydrogen (secondary N) is 1. The van der Waals surface area contributed by atoms with Gasteiger partial charge in [-0.15, -0.1) is 0 Å². The fourth-order valence-corrected chi connectivity index (χ4v) is 4.65. The summed E-state index contributed by atoms with van der Waals surface area (Å²) < 4.78 is 5.53. The van der Waals surface area contributed by atoms with Crippen LogP contribution < -0.4 is 5.32 Å². The molecule has 4 fully saturated rings. The van der Waals surface area contributed by atoms with Crippen LogP contribution in [0.4, 0.5) is 0 Å². The molecular formula is C20H25NO4. The summed E-state index contributed by atoms with van der Waals surface area (Å²) in [5, 5.41) is 12.2. The topological polar surface area (TPSA) is 75.6 Å². The molecule has 0 unspecified atom stereocenters. The van der Waals surface area contributed by atoms with Gasteiger partial charge in [0.1, 0.15) is 5.60 Å². The summed E-state index contributed by atoms with van der Waals surface area (Å²) in [6.45, 7) is 0.598. The van der Waals surface area contributed by atoms with Gasteiger partial charge in [0.2, 0.25) is 0 Å². The predicted molar refractivity (Wildman–Crippen MR) is 92.1 cm³/mol. The summed E-state index contributed by atoms with van der Waals surface area (Å²) in [6, 6.07) is 8.53. The number of ether oxygens (including phenoxy) is 1. The zero-order valence-electron chi connectivity index (χ0n) is 14.4. The molecule has 0 atom stereocenters. The first-order valence-corrected chi connectivity index (χ1v) is 9.28. The zero-order valence-corrected chi connectivity index (χ0v) is 14.4. The fraction of sp³-hybridized carbons (Fsp3) is 0.600. The number of hydrogen-bond acceptors (Lipinski definition) is 3. The van der Waals surface area contributed by atoms with Crippen LogP contribution in [0, 0.1) is 5.41 Å². The molecule has 0 aromatic heterocycles.